The van der Waals surface area contributed by atoms with E-state index in [9.17, 15) is 14.0 Å². The van der Waals surface area contributed by atoms with Crippen LogP contribution in [0.25, 0.3) is 0 Å². The fourth-order valence-electron chi connectivity index (χ4n) is 2.73. The molecule has 0 spiro atoms. The molecule has 0 atom stereocenters. The van der Waals surface area contributed by atoms with E-state index >= 15 is 0 Å². The number of oxime groups is 1. The van der Waals surface area contributed by atoms with Crippen LogP contribution in [0.3, 0.4) is 0 Å². The normalized spacial score (nSPS) is 10.6. The molecule has 0 unspecified atom stereocenters. The van der Waals surface area contributed by atoms with Crippen molar-refractivity contribution in [3.8, 4) is 0 Å². The lowest BCUT2D eigenvalue weighted by Gasteiger charge is -2.11. The summed E-state index contributed by atoms with van der Waals surface area (Å²) in [6.45, 7) is 1.98. The van der Waals surface area contributed by atoms with Crippen molar-refractivity contribution >= 4 is 23.7 Å². The zero-order chi connectivity index (χ0) is 22.1. The van der Waals surface area contributed by atoms with Gasteiger partial charge in [0.25, 0.3) is 11.8 Å². The number of nitrogens with zero attached hydrogens (tertiary/aromatic N) is 1. The molecule has 0 saturated carbocycles. The van der Waals surface area contributed by atoms with Gasteiger partial charge in [0.05, 0.1) is 17.5 Å². The molecule has 31 heavy (non-hydrogen) atoms. The highest BCUT2D eigenvalue weighted by Crippen LogP contribution is 2.15. The summed E-state index contributed by atoms with van der Waals surface area (Å²) in [4.78, 5) is 29.7. The molecule has 6 nitrogen and oxygen atoms in total. The SMILES string of the molecule is Cc1ccc(CNC(=O)c2ccccc2NC(=O)CON=Cc2ccccc2F)cc1. The number of aryl methyl sites for hydroxylation is 1. The number of carbonyl (C=O) groups excluding carboxylic acids is 2. The van der Waals surface area contributed by atoms with Crippen LogP contribution in [0.1, 0.15) is 27.0 Å². The van der Waals surface area contributed by atoms with Crippen molar-refractivity contribution < 1.29 is 18.8 Å². The van der Waals surface area contributed by atoms with E-state index in [0.29, 0.717) is 17.8 Å². The third-order valence-corrected chi connectivity index (χ3v) is 4.39. The Morgan fingerprint density at radius 1 is 1.00 bits per heavy atom. The third-order valence-electron chi connectivity index (χ3n) is 4.39. The molecule has 158 valence electrons. The Labute approximate surface area is 179 Å². The fraction of sp³-hybridized carbons (Fsp3) is 0.125. The number of para-hydroxylation sites is 1. The summed E-state index contributed by atoms with van der Waals surface area (Å²) in [5.41, 5.74) is 3.05. The van der Waals surface area contributed by atoms with Crippen molar-refractivity contribution in [2.45, 2.75) is 13.5 Å². The van der Waals surface area contributed by atoms with Crippen LogP contribution in [0, 0.1) is 12.7 Å². The predicted molar refractivity (Wildman–Crippen MR) is 117 cm³/mol. The lowest BCUT2D eigenvalue weighted by Crippen LogP contribution is -2.25. The Morgan fingerprint density at radius 3 is 2.48 bits per heavy atom. The number of hydrogen-bond donors (Lipinski definition) is 2. The molecule has 3 aromatic carbocycles. The lowest BCUT2D eigenvalue weighted by atomic mass is 10.1. The molecule has 0 heterocycles. The summed E-state index contributed by atoms with van der Waals surface area (Å²) in [5.74, 6) is -1.25. The molecular formula is C24H22FN3O3. The minimum absolute atomic E-state index is 0.249. The Morgan fingerprint density at radius 2 is 1.71 bits per heavy atom. The first kappa shape index (κ1) is 21.7. The summed E-state index contributed by atoms with van der Waals surface area (Å²) < 4.78 is 13.5. The van der Waals surface area contributed by atoms with Crippen molar-refractivity contribution in [2.75, 3.05) is 11.9 Å². The van der Waals surface area contributed by atoms with Crippen molar-refractivity contribution in [2.24, 2.45) is 5.16 Å². The van der Waals surface area contributed by atoms with Gasteiger partial charge in [-0.25, -0.2) is 4.39 Å². The molecular weight excluding hydrogens is 397 g/mol. The van der Waals surface area contributed by atoms with Gasteiger partial charge in [-0.2, -0.15) is 0 Å². The first-order valence-electron chi connectivity index (χ1n) is 9.65. The minimum Gasteiger partial charge on any atom is -0.386 e. The van der Waals surface area contributed by atoms with Gasteiger partial charge < -0.3 is 15.5 Å². The number of hydrogen-bond acceptors (Lipinski definition) is 4. The zero-order valence-electron chi connectivity index (χ0n) is 17.0. The fourth-order valence-corrected chi connectivity index (χ4v) is 2.73. The topological polar surface area (TPSA) is 79.8 Å². The lowest BCUT2D eigenvalue weighted by molar-refractivity contribution is -0.120. The maximum absolute atomic E-state index is 13.5. The second-order valence-electron chi connectivity index (χ2n) is 6.79. The summed E-state index contributed by atoms with van der Waals surface area (Å²) in [7, 11) is 0. The summed E-state index contributed by atoms with van der Waals surface area (Å²) in [5, 5.41) is 9.08. The van der Waals surface area contributed by atoms with Crippen LogP contribution in [0.5, 0.6) is 0 Å². The minimum atomic E-state index is -0.496. The molecule has 0 bridgehead atoms. The van der Waals surface area contributed by atoms with E-state index in [0.717, 1.165) is 11.1 Å². The summed E-state index contributed by atoms with van der Waals surface area (Å²) in [6.07, 6.45) is 1.19. The second kappa shape index (κ2) is 10.7. The van der Waals surface area contributed by atoms with Crippen molar-refractivity contribution in [3.63, 3.8) is 0 Å². The number of benzene rings is 3. The number of halogens is 1. The van der Waals surface area contributed by atoms with Crippen LogP contribution < -0.4 is 10.6 Å². The number of amides is 2. The van der Waals surface area contributed by atoms with Crippen LogP contribution in [0.4, 0.5) is 10.1 Å². The molecule has 0 radical (unpaired) electrons. The highest BCUT2D eigenvalue weighted by Gasteiger charge is 2.13. The van der Waals surface area contributed by atoms with E-state index in [1.54, 1.807) is 36.4 Å². The smallest absolute Gasteiger partial charge is 0.265 e. The zero-order valence-corrected chi connectivity index (χ0v) is 17.0. The molecule has 0 aliphatic rings. The van der Waals surface area contributed by atoms with E-state index < -0.39 is 11.7 Å². The van der Waals surface area contributed by atoms with Crippen LogP contribution >= 0.6 is 0 Å². The Bertz CT molecular complexity index is 1080. The van der Waals surface area contributed by atoms with E-state index in [1.165, 1.54) is 18.3 Å². The Hall–Kier alpha value is -4.00. The number of carbonyl (C=O) groups is 2. The van der Waals surface area contributed by atoms with E-state index in [1.807, 2.05) is 31.2 Å². The van der Waals surface area contributed by atoms with Crippen molar-refractivity contribution in [3.05, 3.63) is 101 Å². The van der Waals surface area contributed by atoms with Crippen LogP contribution in [0.2, 0.25) is 0 Å². The van der Waals surface area contributed by atoms with Gasteiger partial charge in [-0.1, -0.05) is 65.3 Å². The Balaban J connectivity index is 1.54. The van der Waals surface area contributed by atoms with Crippen LogP contribution in [0.15, 0.2) is 78.0 Å². The first-order valence-corrected chi connectivity index (χ1v) is 9.65. The molecule has 2 N–H and O–H groups in total. The van der Waals surface area contributed by atoms with Gasteiger partial charge in [0.1, 0.15) is 5.82 Å². The molecule has 7 heteroatoms. The van der Waals surface area contributed by atoms with Gasteiger partial charge in [0, 0.05) is 12.1 Å². The van der Waals surface area contributed by atoms with Crippen LogP contribution in [-0.2, 0) is 16.2 Å². The van der Waals surface area contributed by atoms with Gasteiger partial charge in [0.2, 0.25) is 0 Å². The third kappa shape index (κ3) is 6.50. The first-order chi connectivity index (χ1) is 15.0. The van der Waals surface area contributed by atoms with E-state index in [2.05, 4.69) is 15.8 Å². The number of nitrogens with one attached hydrogen (secondary N) is 2. The van der Waals surface area contributed by atoms with Crippen LogP contribution in [-0.4, -0.2) is 24.6 Å². The Kier molecular flexibility index (Phi) is 7.48. The van der Waals surface area contributed by atoms with Gasteiger partial charge in [-0.05, 0) is 30.7 Å². The predicted octanol–water partition coefficient (Wildman–Crippen LogP) is 4.05. The largest absolute Gasteiger partial charge is 0.386 e. The summed E-state index contributed by atoms with van der Waals surface area (Å²) in [6, 6.07) is 20.6. The maximum atomic E-state index is 13.5. The van der Waals surface area contributed by atoms with Crippen molar-refractivity contribution in [1.29, 1.82) is 0 Å². The number of rotatable bonds is 8. The van der Waals surface area contributed by atoms with E-state index in [-0.39, 0.29) is 18.1 Å². The highest BCUT2D eigenvalue weighted by molar-refractivity contribution is 6.03. The quantitative estimate of drug-likeness (QED) is 0.427. The second-order valence-corrected chi connectivity index (χ2v) is 6.79. The van der Waals surface area contributed by atoms with Gasteiger partial charge in [-0.15, -0.1) is 0 Å². The van der Waals surface area contributed by atoms with Gasteiger partial charge in [-0.3, -0.25) is 9.59 Å². The molecule has 0 aliphatic carbocycles. The van der Waals surface area contributed by atoms with Gasteiger partial charge in [0.15, 0.2) is 6.61 Å². The van der Waals surface area contributed by atoms with E-state index in [4.69, 9.17) is 4.84 Å². The van der Waals surface area contributed by atoms with Gasteiger partial charge >= 0.3 is 0 Å². The van der Waals surface area contributed by atoms with Crippen molar-refractivity contribution in [1.82, 2.24) is 5.32 Å². The molecule has 0 aliphatic heterocycles. The average Bonchev–Trinajstić information content (AvgIpc) is 2.77. The standard InChI is InChI=1S/C24H22FN3O3/c1-17-10-12-18(13-11-17)14-26-24(30)20-7-3-5-9-22(20)28-23(29)16-31-27-15-19-6-2-4-8-21(19)25/h2-13,15H,14,16H2,1H3,(H,26,30)(H,28,29). The highest BCUT2D eigenvalue weighted by atomic mass is 19.1. The number of anilines is 1. The maximum Gasteiger partial charge on any atom is 0.265 e. The molecule has 0 aromatic heterocycles. The summed E-state index contributed by atoms with van der Waals surface area (Å²) >= 11 is 0. The molecule has 2 amide bonds. The molecule has 3 aromatic rings. The molecule has 0 fully saturated rings. The monoisotopic (exact) mass is 419 g/mol. The molecule has 3 rings (SSSR count). The average molecular weight is 419 g/mol. The molecule has 0 saturated heterocycles.